The van der Waals surface area contributed by atoms with Crippen LogP contribution in [0.5, 0.6) is 5.75 Å². The van der Waals surface area contributed by atoms with Crippen molar-refractivity contribution in [3.8, 4) is 5.75 Å². The molecular formula is C25H28N2O3. The average Bonchev–Trinajstić information content (AvgIpc) is 3.06. The van der Waals surface area contributed by atoms with Crippen LogP contribution in [0.15, 0.2) is 53.0 Å². The third-order valence-corrected chi connectivity index (χ3v) is 5.97. The number of allylic oxidation sites excluding steroid dienone is 1. The van der Waals surface area contributed by atoms with Gasteiger partial charge in [-0.15, -0.1) is 0 Å². The molecule has 1 aromatic heterocycles. The van der Waals surface area contributed by atoms with Crippen molar-refractivity contribution in [3.05, 3.63) is 65.4 Å². The van der Waals surface area contributed by atoms with Crippen LogP contribution >= 0.6 is 0 Å². The van der Waals surface area contributed by atoms with Gasteiger partial charge in [-0.1, -0.05) is 18.2 Å². The van der Waals surface area contributed by atoms with Gasteiger partial charge in [0, 0.05) is 55.0 Å². The van der Waals surface area contributed by atoms with Gasteiger partial charge in [0.2, 0.25) is 5.91 Å². The molecule has 1 fully saturated rings. The Morgan fingerprint density at radius 2 is 1.77 bits per heavy atom. The average molecular weight is 405 g/mol. The Balaban J connectivity index is 1.52. The van der Waals surface area contributed by atoms with Crippen LogP contribution in [-0.4, -0.2) is 44.1 Å². The van der Waals surface area contributed by atoms with Gasteiger partial charge < -0.3 is 19.0 Å². The van der Waals surface area contributed by atoms with E-state index >= 15 is 0 Å². The van der Waals surface area contributed by atoms with E-state index in [-0.39, 0.29) is 5.91 Å². The van der Waals surface area contributed by atoms with Gasteiger partial charge in [0.1, 0.15) is 17.1 Å². The van der Waals surface area contributed by atoms with Gasteiger partial charge in [-0.25, -0.2) is 0 Å². The second kappa shape index (κ2) is 8.27. The second-order valence-corrected chi connectivity index (χ2v) is 7.81. The van der Waals surface area contributed by atoms with Gasteiger partial charge in [-0.05, 0) is 50.1 Å². The molecule has 0 atom stereocenters. The minimum absolute atomic E-state index is 0.0439. The Labute approximate surface area is 177 Å². The Morgan fingerprint density at radius 3 is 2.43 bits per heavy atom. The monoisotopic (exact) mass is 404 g/mol. The molecule has 5 nitrogen and oxygen atoms in total. The number of ether oxygens (including phenoxy) is 1. The number of hydrogen-bond acceptors (Lipinski definition) is 4. The van der Waals surface area contributed by atoms with Crippen LogP contribution in [0.3, 0.4) is 0 Å². The lowest BCUT2D eigenvalue weighted by Crippen LogP contribution is -2.48. The zero-order valence-electron chi connectivity index (χ0n) is 18.1. The van der Waals surface area contributed by atoms with E-state index in [1.165, 1.54) is 5.69 Å². The highest BCUT2D eigenvalue weighted by atomic mass is 16.5. The SMILES string of the molecule is COc1cc2oc(C)c(C)c2cc1/C(C)=C/C(=O)N1CCN(c2ccccc2)CC1. The summed E-state index contributed by atoms with van der Waals surface area (Å²) in [6, 6.07) is 14.3. The number of fused-ring (bicyclic) bond motifs is 1. The van der Waals surface area contributed by atoms with E-state index in [1.54, 1.807) is 13.2 Å². The highest BCUT2D eigenvalue weighted by Crippen LogP contribution is 2.34. The molecule has 5 heteroatoms. The van der Waals surface area contributed by atoms with Crippen molar-refractivity contribution in [2.75, 3.05) is 38.2 Å². The van der Waals surface area contributed by atoms with Crippen LogP contribution in [0.4, 0.5) is 5.69 Å². The maximum Gasteiger partial charge on any atom is 0.246 e. The van der Waals surface area contributed by atoms with E-state index in [4.69, 9.17) is 9.15 Å². The molecular weight excluding hydrogens is 376 g/mol. The molecule has 1 aliphatic rings. The quantitative estimate of drug-likeness (QED) is 0.586. The smallest absolute Gasteiger partial charge is 0.246 e. The number of nitrogens with zero attached hydrogens (tertiary/aromatic N) is 2. The van der Waals surface area contributed by atoms with Crippen LogP contribution in [0.25, 0.3) is 16.5 Å². The van der Waals surface area contributed by atoms with Crippen LogP contribution in [0.1, 0.15) is 23.8 Å². The molecule has 0 spiro atoms. The number of hydrogen-bond donors (Lipinski definition) is 0. The van der Waals surface area contributed by atoms with Crippen molar-refractivity contribution in [1.29, 1.82) is 0 Å². The fourth-order valence-electron chi connectivity index (χ4n) is 4.02. The second-order valence-electron chi connectivity index (χ2n) is 7.81. The van der Waals surface area contributed by atoms with Crippen LogP contribution in [0.2, 0.25) is 0 Å². The van der Waals surface area contributed by atoms with E-state index in [9.17, 15) is 4.79 Å². The number of piperazine rings is 1. The Morgan fingerprint density at radius 1 is 1.07 bits per heavy atom. The lowest BCUT2D eigenvalue weighted by atomic mass is 10.0. The molecule has 0 saturated carbocycles. The minimum atomic E-state index is 0.0439. The predicted octanol–water partition coefficient (Wildman–Crippen LogP) is 4.81. The summed E-state index contributed by atoms with van der Waals surface area (Å²) in [6.45, 7) is 9.08. The number of rotatable bonds is 4. The Bertz CT molecular complexity index is 1090. The van der Waals surface area contributed by atoms with Gasteiger partial charge in [0.05, 0.1) is 7.11 Å². The topological polar surface area (TPSA) is 45.9 Å². The molecule has 3 aromatic rings. The van der Waals surface area contributed by atoms with Crippen molar-refractivity contribution in [1.82, 2.24) is 4.90 Å². The largest absolute Gasteiger partial charge is 0.496 e. The maximum atomic E-state index is 12.9. The summed E-state index contributed by atoms with van der Waals surface area (Å²) in [7, 11) is 1.64. The molecule has 2 heterocycles. The zero-order chi connectivity index (χ0) is 21.3. The first kappa shape index (κ1) is 20.1. The fourth-order valence-corrected chi connectivity index (χ4v) is 4.02. The number of para-hydroxylation sites is 1. The normalized spacial score (nSPS) is 15.0. The molecule has 4 rings (SSSR count). The van der Waals surface area contributed by atoms with Crippen molar-refractivity contribution in [2.45, 2.75) is 20.8 Å². The molecule has 30 heavy (non-hydrogen) atoms. The number of aryl methyl sites for hydroxylation is 2. The third-order valence-electron chi connectivity index (χ3n) is 5.97. The van der Waals surface area contributed by atoms with Crippen LogP contribution in [-0.2, 0) is 4.79 Å². The lowest BCUT2D eigenvalue weighted by Gasteiger charge is -2.35. The number of carbonyl (C=O) groups is 1. The molecule has 156 valence electrons. The van der Waals surface area contributed by atoms with Crippen molar-refractivity contribution in [3.63, 3.8) is 0 Å². The van der Waals surface area contributed by atoms with Crippen LogP contribution < -0.4 is 9.64 Å². The van der Waals surface area contributed by atoms with Gasteiger partial charge in [0.15, 0.2) is 0 Å². The lowest BCUT2D eigenvalue weighted by molar-refractivity contribution is -0.126. The molecule has 0 unspecified atom stereocenters. The van der Waals surface area contributed by atoms with Gasteiger partial charge in [-0.2, -0.15) is 0 Å². The molecule has 0 aliphatic carbocycles. The predicted molar refractivity (Wildman–Crippen MR) is 121 cm³/mol. The standard InChI is InChI=1S/C25H28N2O3/c1-17(21-15-22-18(2)19(3)30-24(22)16-23(21)29-4)14-25(28)27-12-10-26(11-13-27)20-8-6-5-7-9-20/h5-9,14-16H,10-13H2,1-4H3/b17-14+. The highest BCUT2D eigenvalue weighted by molar-refractivity contribution is 5.97. The molecule has 1 amide bonds. The Hall–Kier alpha value is -3.21. The van der Waals surface area contributed by atoms with Crippen molar-refractivity contribution < 1.29 is 13.9 Å². The highest BCUT2D eigenvalue weighted by Gasteiger charge is 2.21. The van der Waals surface area contributed by atoms with Crippen molar-refractivity contribution >= 4 is 28.1 Å². The van der Waals surface area contributed by atoms with E-state index < -0.39 is 0 Å². The Kier molecular flexibility index (Phi) is 5.53. The molecule has 0 bridgehead atoms. The fraction of sp³-hybridized carbons (Fsp3) is 0.320. The van der Waals surface area contributed by atoms with Crippen molar-refractivity contribution in [2.24, 2.45) is 0 Å². The summed E-state index contributed by atoms with van der Waals surface area (Å²) < 4.78 is 11.4. The van der Waals surface area contributed by atoms with E-state index in [0.717, 1.165) is 46.5 Å². The number of anilines is 1. The summed E-state index contributed by atoms with van der Waals surface area (Å²) in [5, 5.41) is 1.06. The number of benzene rings is 2. The summed E-state index contributed by atoms with van der Waals surface area (Å²) in [5.74, 6) is 1.66. The summed E-state index contributed by atoms with van der Waals surface area (Å²) >= 11 is 0. The molecule has 2 aromatic carbocycles. The first-order valence-electron chi connectivity index (χ1n) is 10.3. The summed E-state index contributed by atoms with van der Waals surface area (Å²) in [5.41, 5.74) is 4.94. The number of amides is 1. The van der Waals surface area contributed by atoms with E-state index in [2.05, 4.69) is 23.1 Å². The molecule has 0 N–H and O–H groups in total. The maximum absolute atomic E-state index is 12.9. The minimum Gasteiger partial charge on any atom is -0.496 e. The summed E-state index contributed by atoms with van der Waals surface area (Å²) in [4.78, 5) is 17.2. The molecule has 0 radical (unpaired) electrons. The number of methoxy groups -OCH3 is 1. The first-order chi connectivity index (χ1) is 14.5. The van der Waals surface area contributed by atoms with Gasteiger partial charge in [-0.3, -0.25) is 4.79 Å². The zero-order valence-corrected chi connectivity index (χ0v) is 18.1. The molecule has 1 aliphatic heterocycles. The van der Waals surface area contributed by atoms with Gasteiger partial charge in [0.25, 0.3) is 0 Å². The van der Waals surface area contributed by atoms with E-state index in [1.807, 2.05) is 49.9 Å². The third kappa shape index (κ3) is 3.80. The van der Waals surface area contributed by atoms with E-state index in [0.29, 0.717) is 18.8 Å². The number of carbonyl (C=O) groups excluding carboxylic acids is 1. The first-order valence-corrected chi connectivity index (χ1v) is 10.3. The number of furan rings is 1. The van der Waals surface area contributed by atoms with Gasteiger partial charge >= 0.3 is 0 Å². The van der Waals surface area contributed by atoms with Crippen LogP contribution in [0, 0.1) is 13.8 Å². The summed E-state index contributed by atoms with van der Waals surface area (Å²) in [6.07, 6.45) is 1.73. The molecule has 1 saturated heterocycles.